The quantitative estimate of drug-likeness (QED) is 0.555. The van der Waals surface area contributed by atoms with Crippen molar-refractivity contribution in [3.63, 3.8) is 0 Å². The first-order valence-corrected chi connectivity index (χ1v) is 4.58. The van der Waals surface area contributed by atoms with Gasteiger partial charge in [0, 0.05) is 6.92 Å². The van der Waals surface area contributed by atoms with Gasteiger partial charge in [0.05, 0.1) is 0 Å². The van der Waals surface area contributed by atoms with E-state index in [-0.39, 0.29) is 12.4 Å². The van der Waals surface area contributed by atoms with Crippen molar-refractivity contribution in [1.29, 1.82) is 0 Å². The second kappa shape index (κ2) is 5.75. The molecule has 78 valence electrons. The van der Waals surface area contributed by atoms with Gasteiger partial charge in [0.15, 0.2) is 12.4 Å². The van der Waals surface area contributed by atoms with Gasteiger partial charge in [-0.2, -0.15) is 0 Å². The third-order valence-electron chi connectivity index (χ3n) is 1.68. The van der Waals surface area contributed by atoms with Gasteiger partial charge in [-0.15, -0.1) is 0 Å². The molecule has 0 fully saturated rings. The topological polar surface area (TPSA) is 43.4 Å². The molecule has 1 aromatic rings. The van der Waals surface area contributed by atoms with Gasteiger partial charge in [0.25, 0.3) is 0 Å². The fourth-order valence-corrected chi connectivity index (χ4v) is 0.974. The number of benzene rings is 1. The largest absolute Gasteiger partial charge is 0.457 e. The van der Waals surface area contributed by atoms with Crippen LogP contribution in [0.4, 0.5) is 0 Å². The average molecular weight is 204 g/mol. The van der Waals surface area contributed by atoms with Crippen molar-refractivity contribution in [2.45, 2.75) is 6.92 Å². The molecule has 0 aliphatic heterocycles. The molecule has 0 atom stereocenters. The first kappa shape index (κ1) is 11.2. The summed E-state index contributed by atoms with van der Waals surface area (Å²) in [6, 6.07) is 9.44. The lowest BCUT2D eigenvalue weighted by molar-refractivity contribution is -0.144. The van der Waals surface area contributed by atoms with E-state index in [0.717, 1.165) is 5.56 Å². The van der Waals surface area contributed by atoms with Gasteiger partial charge in [-0.1, -0.05) is 36.4 Å². The van der Waals surface area contributed by atoms with Crippen molar-refractivity contribution < 1.29 is 14.3 Å². The lowest BCUT2D eigenvalue weighted by Crippen LogP contribution is -2.08. The third kappa shape index (κ3) is 4.76. The van der Waals surface area contributed by atoms with E-state index in [0.29, 0.717) is 0 Å². The number of ether oxygens (including phenoxy) is 1. The smallest absolute Gasteiger partial charge is 0.303 e. The van der Waals surface area contributed by atoms with E-state index in [9.17, 15) is 9.59 Å². The maximum Gasteiger partial charge on any atom is 0.303 e. The van der Waals surface area contributed by atoms with Crippen LogP contribution in [0.3, 0.4) is 0 Å². The molecule has 15 heavy (non-hydrogen) atoms. The molecule has 0 bridgehead atoms. The molecule has 3 nitrogen and oxygen atoms in total. The van der Waals surface area contributed by atoms with Crippen molar-refractivity contribution in [2.75, 3.05) is 6.61 Å². The van der Waals surface area contributed by atoms with Gasteiger partial charge >= 0.3 is 5.97 Å². The van der Waals surface area contributed by atoms with E-state index in [4.69, 9.17) is 0 Å². The Hall–Kier alpha value is -1.90. The van der Waals surface area contributed by atoms with E-state index in [1.807, 2.05) is 30.3 Å². The van der Waals surface area contributed by atoms with Gasteiger partial charge in [-0.25, -0.2) is 0 Å². The third-order valence-corrected chi connectivity index (χ3v) is 1.68. The highest BCUT2D eigenvalue weighted by molar-refractivity contribution is 5.95. The predicted molar refractivity (Wildman–Crippen MR) is 57.1 cm³/mol. The fourth-order valence-electron chi connectivity index (χ4n) is 0.974. The second-order valence-corrected chi connectivity index (χ2v) is 2.99. The molecule has 0 aliphatic carbocycles. The van der Waals surface area contributed by atoms with E-state index in [2.05, 4.69) is 4.74 Å². The van der Waals surface area contributed by atoms with Crippen LogP contribution in [0, 0.1) is 0 Å². The van der Waals surface area contributed by atoms with Gasteiger partial charge in [-0.05, 0) is 11.6 Å². The summed E-state index contributed by atoms with van der Waals surface area (Å²) in [7, 11) is 0. The first-order valence-electron chi connectivity index (χ1n) is 4.58. The Bertz CT molecular complexity index is 366. The SMILES string of the molecule is CC(=O)OCC(=O)C=Cc1ccccc1. The van der Waals surface area contributed by atoms with Crippen LogP contribution in [0.25, 0.3) is 6.08 Å². The highest BCUT2D eigenvalue weighted by Gasteiger charge is 1.98. The monoisotopic (exact) mass is 204 g/mol. The normalized spacial score (nSPS) is 10.2. The minimum atomic E-state index is -0.448. The van der Waals surface area contributed by atoms with Crippen LogP contribution in [0.5, 0.6) is 0 Å². The Morgan fingerprint density at radius 2 is 1.93 bits per heavy atom. The number of carbonyl (C=O) groups excluding carboxylic acids is 2. The summed E-state index contributed by atoms with van der Waals surface area (Å²) in [5.74, 6) is -0.675. The Labute approximate surface area is 88.4 Å². The van der Waals surface area contributed by atoms with Crippen molar-refractivity contribution >= 4 is 17.8 Å². The summed E-state index contributed by atoms with van der Waals surface area (Å²) in [5.41, 5.74) is 0.939. The van der Waals surface area contributed by atoms with Gasteiger partial charge < -0.3 is 4.74 Å². The van der Waals surface area contributed by atoms with Crippen molar-refractivity contribution in [1.82, 2.24) is 0 Å². The Kier molecular flexibility index (Phi) is 4.29. The number of hydrogen-bond acceptors (Lipinski definition) is 3. The van der Waals surface area contributed by atoms with Crippen molar-refractivity contribution in [2.24, 2.45) is 0 Å². The van der Waals surface area contributed by atoms with Gasteiger partial charge in [0.2, 0.25) is 0 Å². The summed E-state index contributed by atoms with van der Waals surface area (Å²) in [6.45, 7) is 1.08. The summed E-state index contributed by atoms with van der Waals surface area (Å²) >= 11 is 0. The zero-order valence-corrected chi connectivity index (χ0v) is 8.47. The van der Waals surface area contributed by atoms with Gasteiger partial charge in [0.1, 0.15) is 0 Å². The highest BCUT2D eigenvalue weighted by atomic mass is 16.5. The Morgan fingerprint density at radius 1 is 1.27 bits per heavy atom. The van der Waals surface area contributed by atoms with E-state index in [1.54, 1.807) is 6.08 Å². The molecule has 0 unspecified atom stereocenters. The minimum absolute atomic E-state index is 0.196. The molecule has 0 aliphatic rings. The van der Waals surface area contributed by atoms with Crippen LogP contribution in [0.1, 0.15) is 12.5 Å². The maximum absolute atomic E-state index is 11.2. The van der Waals surface area contributed by atoms with Crippen LogP contribution < -0.4 is 0 Å². The molecule has 0 amide bonds. The molecule has 0 aromatic heterocycles. The van der Waals surface area contributed by atoms with Crippen LogP contribution >= 0.6 is 0 Å². The lowest BCUT2D eigenvalue weighted by Gasteiger charge is -1.96. The molecule has 0 saturated heterocycles. The van der Waals surface area contributed by atoms with E-state index in [1.165, 1.54) is 13.0 Å². The van der Waals surface area contributed by atoms with Crippen molar-refractivity contribution in [3.8, 4) is 0 Å². The molecule has 3 heteroatoms. The molecule has 0 heterocycles. The number of rotatable bonds is 4. The van der Waals surface area contributed by atoms with Gasteiger partial charge in [-0.3, -0.25) is 9.59 Å². The molecule has 1 rings (SSSR count). The zero-order chi connectivity index (χ0) is 11.1. The number of hydrogen-bond donors (Lipinski definition) is 0. The van der Waals surface area contributed by atoms with Crippen LogP contribution in [0.15, 0.2) is 36.4 Å². The summed E-state index contributed by atoms with van der Waals surface area (Å²) in [6.07, 6.45) is 3.09. The van der Waals surface area contributed by atoms with Crippen LogP contribution in [-0.2, 0) is 14.3 Å². The Morgan fingerprint density at radius 3 is 2.53 bits per heavy atom. The van der Waals surface area contributed by atoms with Crippen LogP contribution in [0.2, 0.25) is 0 Å². The number of ketones is 1. The Balaban J connectivity index is 2.44. The van der Waals surface area contributed by atoms with E-state index >= 15 is 0 Å². The maximum atomic E-state index is 11.2. The molecular formula is C12H12O3. The lowest BCUT2D eigenvalue weighted by atomic mass is 10.2. The fraction of sp³-hybridized carbons (Fsp3) is 0.167. The zero-order valence-electron chi connectivity index (χ0n) is 8.47. The van der Waals surface area contributed by atoms with E-state index < -0.39 is 5.97 Å². The molecule has 0 radical (unpaired) electrons. The number of esters is 1. The molecule has 0 N–H and O–H groups in total. The second-order valence-electron chi connectivity index (χ2n) is 2.99. The molecule has 0 saturated carbocycles. The molecular weight excluding hydrogens is 192 g/mol. The van der Waals surface area contributed by atoms with Crippen LogP contribution in [-0.4, -0.2) is 18.4 Å². The molecule has 1 aromatic carbocycles. The first-order chi connectivity index (χ1) is 7.18. The predicted octanol–water partition coefficient (Wildman–Crippen LogP) is 1.83. The summed E-state index contributed by atoms with van der Waals surface area (Å²) in [5, 5.41) is 0. The van der Waals surface area contributed by atoms with Crippen molar-refractivity contribution in [3.05, 3.63) is 42.0 Å². The molecule has 0 spiro atoms. The highest BCUT2D eigenvalue weighted by Crippen LogP contribution is 2.00. The average Bonchev–Trinajstić information content (AvgIpc) is 2.25. The minimum Gasteiger partial charge on any atom is -0.457 e. The summed E-state index contributed by atoms with van der Waals surface area (Å²) in [4.78, 5) is 21.6. The summed E-state index contributed by atoms with van der Waals surface area (Å²) < 4.78 is 4.55. The standard InChI is InChI=1S/C12H12O3/c1-10(13)15-9-12(14)8-7-11-5-3-2-4-6-11/h2-8H,9H2,1H3. The number of carbonyl (C=O) groups is 2.